The second kappa shape index (κ2) is 5.70. The van der Waals surface area contributed by atoms with E-state index < -0.39 is 0 Å². The fourth-order valence-electron chi connectivity index (χ4n) is 2.12. The molecule has 0 fully saturated rings. The van der Waals surface area contributed by atoms with Crippen LogP contribution in [0.2, 0.25) is 0 Å². The Morgan fingerprint density at radius 2 is 1.84 bits per heavy atom. The summed E-state index contributed by atoms with van der Waals surface area (Å²) in [5, 5.41) is 7.99. The number of benzene rings is 1. The van der Waals surface area contributed by atoms with E-state index in [-0.39, 0.29) is 6.04 Å². The van der Waals surface area contributed by atoms with E-state index in [1.54, 1.807) is 4.68 Å². The maximum Gasteiger partial charge on any atom is 0.153 e. The lowest BCUT2D eigenvalue weighted by atomic mass is 10.00. The van der Waals surface area contributed by atoms with Gasteiger partial charge < -0.3 is 0 Å². The summed E-state index contributed by atoms with van der Waals surface area (Å²) >= 11 is 6.98. The first-order chi connectivity index (χ1) is 8.95. The molecule has 1 aromatic carbocycles. The average molecular weight is 389 g/mol. The van der Waals surface area contributed by atoms with Crippen LogP contribution in [0.15, 0.2) is 21.2 Å². The van der Waals surface area contributed by atoms with Gasteiger partial charge in [-0.3, -0.25) is 5.84 Å². The van der Waals surface area contributed by atoms with E-state index in [0.717, 1.165) is 15.7 Å². The van der Waals surface area contributed by atoms with Crippen molar-refractivity contribution in [3.05, 3.63) is 43.6 Å². The number of nitrogens with two attached hydrogens (primary N) is 1. The normalized spacial score (nSPS) is 12.7. The Bertz CT molecular complexity index is 566. The first kappa shape index (κ1) is 14.6. The van der Waals surface area contributed by atoms with E-state index in [1.807, 2.05) is 7.05 Å². The fraction of sp³-hybridized carbons (Fsp3) is 0.333. The predicted octanol–water partition coefficient (Wildman–Crippen LogP) is 2.51. The summed E-state index contributed by atoms with van der Waals surface area (Å²) in [5.74, 6) is 5.72. The molecule has 2 aromatic rings. The van der Waals surface area contributed by atoms with E-state index in [9.17, 15) is 0 Å². The minimum absolute atomic E-state index is 0.167. The molecule has 1 unspecified atom stereocenters. The maximum absolute atomic E-state index is 5.72. The molecule has 0 aliphatic heterocycles. The highest BCUT2D eigenvalue weighted by molar-refractivity contribution is 9.10. The molecule has 1 atom stereocenters. The summed E-state index contributed by atoms with van der Waals surface area (Å²) in [6, 6.07) is 4.03. The molecule has 5 nitrogen and oxygen atoms in total. The minimum atomic E-state index is -0.167. The van der Waals surface area contributed by atoms with Crippen molar-refractivity contribution in [2.75, 3.05) is 0 Å². The number of rotatable bonds is 3. The summed E-state index contributed by atoms with van der Waals surface area (Å²) in [6.07, 6.45) is 0. The average Bonchev–Trinajstić information content (AvgIpc) is 2.69. The zero-order chi connectivity index (χ0) is 14.2. The molecule has 0 radical (unpaired) electrons. The van der Waals surface area contributed by atoms with Crippen LogP contribution < -0.4 is 11.3 Å². The predicted molar refractivity (Wildman–Crippen MR) is 81.5 cm³/mol. The number of nitrogens with zero attached hydrogens (tertiary/aromatic N) is 3. The van der Waals surface area contributed by atoms with Gasteiger partial charge in [-0.1, -0.05) is 33.3 Å². The number of hydrogen-bond donors (Lipinski definition) is 2. The molecule has 0 bridgehead atoms. The number of aromatic nitrogens is 3. The Balaban J connectivity index is 2.55. The van der Waals surface area contributed by atoms with Gasteiger partial charge in [-0.05, 0) is 46.5 Å². The van der Waals surface area contributed by atoms with Crippen molar-refractivity contribution < 1.29 is 0 Å². The highest BCUT2D eigenvalue weighted by Crippen LogP contribution is 2.30. The van der Waals surface area contributed by atoms with Gasteiger partial charge in [-0.15, -0.1) is 5.10 Å². The van der Waals surface area contributed by atoms with Crippen LogP contribution in [0.25, 0.3) is 0 Å². The van der Waals surface area contributed by atoms with Gasteiger partial charge in [0.15, 0.2) is 4.60 Å². The standard InChI is InChI=1S/C12H15Br2N5/c1-6-4-8(5-7(2)9(6)13)10(16-15)11-12(14)17-18-19(11)3/h4-5,10,16H,15H2,1-3H3. The maximum atomic E-state index is 5.72. The molecule has 0 aliphatic rings. The summed E-state index contributed by atoms with van der Waals surface area (Å²) < 4.78 is 3.52. The van der Waals surface area contributed by atoms with E-state index in [1.165, 1.54) is 11.1 Å². The molecule has 1 aromatic heterocycles. The molecule has 102 valence electrons. The van der Waals surface area contributed by atoms with Crippen LogP contribution in [0.5, 0.6) is 0 Å². The van der Waals surface area contributed by atoms with E-state index in [4.69, 9.17) is 5.84 Å². The second-order valence-corrected chi connectivity index (χ2v) is 6.00. The van der Waals surface area contributed by atoms with Gasteiger partial charge in [0, 0.05) is 11.5 Å². The van der Waals surface area contributed by atoms with Gasteiger partial charge in [0.05, 0.1) is 11.7 Å². The third-order valence-electron chi connectivity index (χ3n) is 3.06. The summed E-state index contributed by atoms with van der Waals surface area (Å²) in [5.41, 5.74) is 7.13. The van der Waals surface area contributed by atoms with Crippen LogP contribution in [-0.2, 0) is 7.05 Å². The largest absolute Gasteiger partial charge is 0.271 e. The van der Waals surface area contributed by atoms with Crippen molar-refractivity contribution in [3.63, 3.8) is 0 Å². The highest BCUT2D eigenvalue weighted by atomic mass is 79.9. The highest BCUT2D eigenvalue weighted by Gasteiger charge is 2.21. The minimum Gasteiger partial charge on any atom is -0.271 e. The molecule has 0 amide bonds. The summed E-state index contributed by atoms with van der Waals surface area (Å²) in [6.45, 7) is 4.12. The SMILES string of the molecule is Cc1cc(C(NN)c2c(Br)nnn2C)cc(C)c1Br. The van der Waals surface area contributed by atoms with Crippen LogP contribution in [0.1, 0.15) is 28.4 Å². The molecular formula is C12H15Br2N5. The lowest BCUT2D eigenvalue weighted by Crippen LogP contribution is -2.30. The Hall–Kier alpha value is -0.760. The molecule has 0 saturated heterocycles. The number of hydrogen-bond acceptors (Lipinski definition) is 4. The molecular weight excluding hydrogens is 374 g/mol. The summed E-state index contributed by atoms with van der Waals surface area (Å²) in [4.78, 5) is 0. The van der Waals surface area contributed by atoms with Crippen LogP contribution in [0, 0.1) is 13.8 Å². The molecule has 0 saturated carbocycles. The number of nitrogens with one attached hydrogen (secondary N) is 1. The first-order valence-corrected chi connectivity index (χ1v) is 7.32. The molecule has 19 heavy (non-hydrogen) atoms. The lowest BCUT2D eigenvalue weighted by Gasteiger charge is -2.18. The van der Waals surface area contributed by atoms with Gasteiger partial charge in [0.1, 0.15) is 0 Å². The smallest absolute Gasteiger partial charge is 0.153 e. The van der Waals surface area contributed by atoms with Gasteiger partial charge in [-0.2, -0.15) is 0 Å². The molecule has 0 spiro atoms. The topological polar surface area (TPSA) is 68.8 Å². The van der Waals surface area contributed by atoms with E-state index >= 15 is 0 Å². The Labute approximate surface area is 128 Å². The van der Waals surface area contributed by atoms with Crippen molar-refractivity contribution in [2.45, 2.75) is 19.9 Å². The first-order valence-electron chi connectivity index (χ1n) is 5.73. The molecule has 0 aliphatic carbocycles. The number of halogens is 2. The molecule has 1 heterocycles. The third kappa shape index (κ3) is 2.74. The van der Waals surface area contributed by atoms with Gasteiger partial charge in [0.25, 0.3) is 0 Å². The van der Waals surface area contributed by atoms with Crippen LogP contribution in [-0.4, -0.2) is 15.0 Å². The zero-order valence-corrected chi connectivity index (χ0v) is 14.1. The van der Waals surface area contributed by atoms with Gasteiger partial charge >= 0.3 is 0 Å². The molecule has 2 rings (SSSR count). The van der Waals surface area contributed by atoms with Crippen molar-refractivity contribution in [1.82, 2.24) is 20.4 Å². The number of hydrazine groups is 1. The lowest BCUT2D eigenvalue weighted by molar-refractivity contribution is 0.568. The van der Waals surface area contributed by atoms with Crippen LogP contribution in [0.4, 0.5) is 0 Å². The Morgan fingerprint density at radius 3 is 2.26 bits per heavy atom. The van der Waals surface area contributed by atoms with E-state index in [2.05, 4.69) is 73.6 Å². The molecule has 7 heteroatoms. The van der Waals surface area contributed by atoms with Crippen LogP contribution >= 0.6 is 31.9 Å². The van der Waals surface area contributed by atoms with E-state index in [0.29, 0.717) is 4.60 Å². The van der Waals surface area contributed by atoms with Crippen molar-refractivity contribution in [1.29, 1.82) is 0 Å². The van der Waals surface area contributed by atoms with Crippen molar-refractivity contribution in [3.8, 4) is 0 Å². The summed E-state index contributed by atoms with van der Waals surface area (Å²) in [7, 11) is 1.84. The zero-order valence-electron chi connectivity index (χ0n) is 10.9. The monoisotopic (exact) mass is 387 g/mol. The Kier molecular flexibility index (Phi) is 4.39. The third-order valence-corrected chi connectivity index (χ3v) is 4.87. The van der Waals surface area contributed by atoms with Gasteiger partial charge in [0.2, 0.25) is 0 Å². The Morgan fingerprint density at radius 1 is 1.26 bits per heavy atom. The molecule has 3 N–H and O–H groups in total. The van der Waals surface area contributed by atoms with Gasteiger partial charge in [-0.25, -0.2) is 10.1 Å². The fourth-order valence-corrected chi connectivity index (χ4v) is 2.91. The van der Waals surface area contributed by atoms with Crippen LogP contribution in [0.3, 0.4) is 0 Å². The van der Waals surface area contributed by atoms with Crippen molar-refractivity contribution in [2.24, 2.45) is 12.9 Å². The van der Waals surface area contributed by atoms with Crippen molar-refractivity contribution >= 4 is 31.9 Å². The number of aryl methyl sites for hydroxylation is 3. The quantitative estimate of drug-likeness (QED) is 0.626. The second-order valence-electron chi connectivity index (χ2n) is 4.46.